The van der Waals surface area contributed by atoms with Crippen molar-refractivity contribution in [2.24, 2.45) is 0 Å². The van der Waals surface area contributed by atoms with Gasteiger partial charge in [-0.3, -0.25) is 0 Å². The van der Waals surface area contributed by atoms with Crippen LogP contribution in [0.4, 0.5) is 5.82 Å². The van der Waals surface area contributed by atoms with E-state index in [2.05, 4.69) is 29.1 Å². The third kappa shape index (κ3) is 2.88. The highest BCUT2D eigenvalue weighted by Crippen LogP contribution is 2.20. The zero-order valence-corrected chi connectivity index (χ0v) is 11.2. The lowest BCUT2D eigenvalue weighted by atomic mass is 10.2. The van der Waals surface area contributed by atoms with Crippen molar-refractivity contribution in [3.8, 4) is 11.6 Å². The molecule has 1 N–H and O–H groups in total. The number of hydrogen-bond acceptors (Lipinski definition) is 4. The quantitative estimate of drug-likeness (QED) is 0.876. The van der Waals surface area contributed by atoms with Crippen LogP contribution in [0, 0.1) is 6.92 Å². The monoisotopic (exact) mass is 245 g/mol. The molecular weight excluding hydrogens is 226 g/mol. The van der Waals surface area contributed by atoms with Gasteiger partial charge >= 0.3 is 0 Å². The van der Waals surface area contributed by atoms with Crippen LogP contribution in [0.3, 0.4) is 0 Å². The van der Waals surface area contributed by atoms with Crippen molar-refractivity contribution in [1.82, 2.24) is 9.97 Å². The van der Waals surface area contributed by atoms with Gasteiger partial charge in [0.25, 0.3) is 0 Å². The fraction of sp³-hybridized carbons (Fsp3) is 0.429. The number of hydrogen-bond donors (Lipinski definition) is 1. The molecule has 0 atom stereocenters. The van der Waals surface area contributed by atoms with Gasteiger partial charge in [0.1, 0.15) is 11.6 Å². The van der Waals surface area contributed by atoms with Gasteiger partial charge in [-0.15, -0.1) is 0 Å². The fourth-order valence-corrected chi connectivity index (χ4v) is 1.82. The zero-order valence-electron chi connectivity index (χ0n) is 11.2. The van der Waals surface area contributed by atoms with E-state index in [0.29, 0.717) is 5.82 Å². The first-order valence-corrected chi connectivity index (χ1v) is 6.41. The normalized spacial score (nSPS) is 10.6. The topological polar surface area (TPSA) is 51.0 Å². The Morgan fingerprint density at radius 2 is 2.06 bits per heavy atom. The molecule has 0 aliphatic heterocycles. The summed E-state index contributed by atoms with van der Waals surface area (Å²) in [5.74, 6) is 3.12. The van der Waals surface area contributed by atoms with Crippen LogP contribution in [0.1, 0.15) is 31.7 Å². The molecule has 0 fully saturated rings. The molecule has 4 nitrogen and oxygen atoms in total. The maximum atomic E-state index is 5.58. The van der Waals surface area contributed by atoms with Gasteiger partial charge in [0.15, 0.2) is 11.6 Å². The second kappa shape index (κ2) is 5.67. The van der Waals surface area contributed by atoms with E-state index < -0.39 is 0 Å². The SMILES string of the molecule is CCCc1cc(NCC)nc(-c2ccc(C)o2)n1. The first kappa shape index (κ1) is 12.6. The van der Waals surface area contributed by atoms with Crippen LogP contribution in [0.25, 0.3) is 11.6 Å². The maximum Gasteiger partial charge on any atom is 0.197 e. The van der Waals surface area contributed by atoms with Gasteiger partial charge in [-0.2, -0.15) is 0 Å². The first-order valence-electron chi connectivity index (χ1n) is 6.41. The molecule has 0 aliphatic carbocycles. The second-order valence-electron chi connectivity index (χ2n) is 4.26. The molecule has 2 aromatic heterocycles. The summed E-state index contributed by atoms with van der Waals surface area (Å²) in [4.78, 5) is 9.02. The van der Waals surface area contributed by atoms with Crippen LogP contribution >= 0.6 is 0 Å². The minimum atomic E-state index is 0.657. The predicted octanol–water partition coefficient (Wildman–Crippen LogP) is 3.43. The first-order chi connectivity index (χ1) is 8.72. The minimum absolute atomic E-state index is 0.657. The Morgan fingerprint density at radius 3 is 2.67 bits per heavy atom. The van der Waals surface area contributed by atoms with Crippen LogP contribution in [0.2, 0.25) is 0 Å². The number of nitrogens with zero attached hydrogens (tertiary/aromatic N) is 2. The Morgan fingerprint density at radius 1 is 1.22 bits per heavy atom. The van der Waals surface area contributed by atoms with Crippen molar-refractivity contribution in [2.45, 2.75) is 33.6 Å². The molecule has 0 saturated carbocycles. The molecule has 0 radical (unpaired) electrons. The summed E-state index contributed by atoms with van der Waals surface area (Å²) in [5, 5.41) is 3.23. The third-order valence-electron chi connectivity index (χ3n) is 2.60. The molecule has 0 saturated heterocycles. The molecule has 4 heteroatoms. The van der Waals surface area contributed by atoms with E-state index in [-0.39, 0.29) is 0 Å². The van der Waals surface area contributed by atoms with E-state index in [4.69, 9.17) is 4.42 Å². The number of anilines is 1. The number of rotatable bonds is 5. The lowest BCUT2D eigenvalue weighted by molar-refractivity contribution is 0.543. The maximum absolute atomic E-state index is 5.58. The molecule has 96 valence electrons. The highest BCUT2D eigenvalue weighted by molar-refractivity contribution is 5.51. The molecule has 0 amide bonds. The summed E-state index contributed by atoms with van der Waals surface area (Å²) in [5.41, 5.74) is 1.05. The van der Waals surface area contributed by atoms with Crippen molar-refractivity contribution in [3.63, 3.8) is 0 Å². The summed E-state index contributed by atoms with van der Waals surface area (Å²) in [6.07, 6.45) is 2.02. The minimum Gasteiger partial charge on any atom is -0.458 e. The van der Waals surface area contributed by atoms with Gasteiger partial charge in [0.2, 0.25) is 0 Å². The molecule has 0 spiro atoms. The van der Waals surface area contributed by atoms with Crippen LogP contribution in [0.5, 0.6) is 0 Å². The average Bonchev–Trinajstić information content (AvgIpc) is 2.76. The fourth-order valence-electron chi connectivity index (χ4n) is 1.82. The van der Waals surface area contributed by atoms with Crippen LogP contribution < -0.4 is 5.32 Å². The Bertz CT molecular complexity index is 495. The average molecular weight is 245 g/mol. The second-order valence-corrected chi connectivity index (χ2v) is 4.26. The Balaban J connectivity index is 2.39. The van der Waals surface area contributed by atoms with Crippen molar-refractivity contribution in [1.29, 1.82) is 0 Å². The Labute approximate surface area is 107 Å². The van der Waals surface area contributed by atoms with Crippen molar-refractivity contribution < 1.29 is 4.42 Å². The number of aromatic nitrogens is 2. The van der Waals surface area contributed by atoms with Crippen LogP contribution in [-0.2, 0) is 6.42 Å². The molecular formula is C14H19N3O. The van der Waals surface area contributed by atoms with E-state index in [0.717, 1.165) is 42.4 Å². The van der Waals surface area contributed by atoms with Gasteiger partial charge in [-0.1, -0.05) is 13.3 Å². The summed E-state index contributed by atoms with van der Waals surface area (Å²) in [6, 6.07) is 5.85. The zero-order chi connectivity index (χ0) is 13.0. The lowest BCUT2D eigenvalue weighted by Crippen LogP contribution is -2.03. The van der Waals surface area contributed by atoms with Crippen LogP contribution in [-0.4, -0.2) is 16.5 Å². The van der Waals surface area contributed by atoms with Gasteiger partial charge in [-0.05, 0) is 32.4 Å². The molecule has 0 aromatic carbocycles. The van der Waals surface area contributed by atoms with Crippen molar-refractivity contribution in [2.75, 3.05) is 11.9 Å². The highest BCUT2D eigenvalue weighted by atomic mass is 16.3. The predicted molar refractivity (Wildman–Crippen MR) is 72.6 cm³/mol. The largest absolute Gasteiger partial charge is 0.458 e. The third-order valence-corrected chi connectivity index (χ3v) is 2.60. The molecule has 0 aliphatic rings. The molecule has 2 rings (SSSR count). The molecule has 0 bridgehead atoms. The number of nitrogens with one attached hydrogen (secondary N) is 1. The van der Waals surface area contributed by atoms with E-state index in [1.165, 1.54) is 0 Å². The molecule has 2 heterocycles. The molecule has 0 unspecified atom stereocenters. The van der Waals surface area contributed by atoms with Gasteiger partial charge < -0.3 is 9.73 Å². The van der Waals surface area contributed by atoms with E-state index >= 15 is 0 Å². The van der Waals surface area contributed by atoms with E-state index in [1.54, 1.807) is 0 Å². The van der Waals surface area contributed by atoms with E-state index in [1.807, 2.05) is 25.1 Å². The summed E-state index contributed by atoms with van der Waals surface area (Å²) in [6.45, 7) is 6.97. The van der Waals surface area contributed by atoms with Gasteiger partial charge in [0.05, 0.1) is 0 Å². The molecule has 18 heavy (non-hydrogen) atoms. The number of furan rings is 1. The van der Waals surface area contributed by atoms with E-state index in [9.17, 15) is 0 Å². The Hall–Kier alpha value is -1.84. The van der Waals surface area contributed by atoms with Crippen LogP contribution in [0.15, 0.2) is 22.6 Å². The summed E-state index contributed by atoms with van der Waals surface area (Å²) < 4.78 is 5.58. The molecule has 2 aromatic rings. The highest BCUT2D eigenvalue weighted by Gasteiger charge is 2.09. The standard InChI is InChI=1S/C14H19N3O/c1-4-6-11-9-13(15-5-2)17-14(16-11)12-8-7-10(3)18-12/h7-9H,4-6H2,1-3H3,(H,15,16,17). The van der Waals surface area contributed by atoms with Gasteiger partial charge in [-0.25, -0.2) is 9.97 Å². The van der Waals surface area contributed by atoms with Crippen molar-refractivity contribution >= 4 is 5.82 Å². The lowest BCUT2D eigenvalue weighted by Gasteiger charge is -2.07. The van der Waals surface area contributed by atoms with Crippen molar-refractivity contribution in [3.05, 3.63) is 29.7 Å². The number of aryl methyl sites for hydroxylation is 2. The summed E-state index contributed by atoms with van der Waals surface area (Å²) in [7, 11) is 0. The van der Waals surface area contributed by atoms with Gasteiger partial charge in [0, 0.05) is 18.3 Å². The summed E-state index contributed by atoms with van der Waals surface area (Å²) >= 11 is 0. The smallest absolute Gasteiger partial charge is 0.197 e. The Kier molecular flexibility index (Phi) is 3.97.